The van der Waals surface area contributed by atoms with Crippen LogP contribution in [0.5, 0.6) is 0 Å². The summed E-state index contributed by atoms with van der Waals surface area (Å²) in [5.41, 5.74) is 4.32. The van der Waals surface area contributed by atoms with Crippen LogP contribution < -0.4 is 11.1 Å². The highest BCUT2D eigenvalue weighted by Crippen LogP contribution is 2.30. The van der Waals surface area contributed by atoms with Crippen molar-refractivity contribution in [2.75, 3.05) is 18.8 Å². The van der Waals surface area contributed by atoms with Gasteiger partial charge >= 0.3 is 0 Å². The van der Waals surface area contributed by atoms with Crippen LogP contribution in [0.15, 0.2) is 17.0 Å². The second-order valence-electron chi connectivity index (χ2n) is 5.52. The Bertz CT molecular complexity index is 701. The standard InChI is InChI=1S/C13H18FN3O3S/c1-8-10(14)6-9(15)7-11(8)21(19,20)17-5-4-16-12(18)13(17,2)3/h6-7H,4-5,15H2,1-3H3,(H,16,18). The van der Waals surface area contributed by atoms with Crippen molar-refractivity contribution < 1.29 is 17.6 Å². The van der Waals surface area contributed by atoms with Gasteiger partial charge in [-0.05, 0) is 32.9 Å². The molecule has 1 saturated heterocycles. The molecule has 0 aliphatic carbocycles. The highest BCUT2D eigenvalue weighted by molar-refractivity contribution is 7.89. The van der Waals surface area contributed by atoms with Crippen molar-refractivity contribution in [1.29, 1.82) is 0 Å². The molecule has 1 aliphatic heterocycles. The van der Waals surface area contributed by atoms with E-state index in [1.54, 1.807) is 0 Å². The van der Waals surface area contributed by atoms with Crippen LogP contribution in [0.3, 0.4) is 0 Å². The van der Waals surface area contributed by atoms with E-state index in [0.29, 0.717) is 0 Å². The van der Waals surface area contributed by atoms with Gasteiger partial charge in [0.15, 0.2) is 0 Å². The average molecular weight is 315 g/mol. The van der Waals surface area contributed by atoms with Gasteiger partial charge in [0.25, 0.3) is 0 Å². The van der Waals surface area contributed by atoms with Crippen molar-refractivity contribution in [3.63, 3.8) is 0 Å². The Morgan fingerprint density at radius 3 is 2.62 bits per heavy atom. The molecule has 2 rings (SSSR count). The third-order valence-electron chi connectivity index (χ3n) is 3.67. The number of halogens is 1. The van der Waals surface area contributed by atoms with Crippen LogP contribution in [0.1, 0.15) is 19.4 Å². The maximum absolute atomic E-state index is 13.8. The minimum Gasteiger partial charge on any atom is -0.399 e. The SMILES string of the molecule is Cc1c(F)cc(N)cc1S(=O)(=O)N1CCNC(=O)C1(C)C. The highest BCUT2D eigenvalue weighted by Gasteiger charge is 2.45. The third kappa shape index (κ3) is 2.49. The number of nitrogen functional groups attached to an aromatic ring is 1. The number of hydrogen-bond donors (Lipinski definition) is 2. The Morgan fingerprint density at radius 2 is 2.00 bits per heavy atom. The number of nitrogens with two attached hydrogens (primary N) is 1. The summed E-state index contributed by atoms with van der Waals surface area (Å²) in [6, 6.07) is 2.29. The number of carbonyl (C=O) groups excluding carboxylic acids is 1. The number of sulfonamides is 1. The van der Waals surface area contributed by atoms with Gasteiger partial charge in [-0.1, -0.05) is 0 Å². The first-order chi connectivity index (χ1) is 9.58. The quantitative estimate of drug-likeness (QED) is 0.782. The van der Waals surface area contributed by atoms with Gasteiger partial charge in [0.05, 0.1) is 4.90 Å². The average Bonchev–Trinajstić information content (AvgIpc) is 2.36. The molecule has 1 heterocycles. The Morgan fingerprint density at radius 1 is 1.38 bits per heavy atom. The number of rotatable bonds is 2. The lowest BCUT2D eigenvalue weighted by molar-refractivity contribution is -0.131. The first kappa shape index (κ1) is 15.7. The summed E-state index contributed by atoms with van der Waals surface area (Å²) in [6.45, 7) is 4.73. The minimum atomic E-state index is -4.03. The normalized spacial score (nSPS) is 19.3. The third-order valence-corrected chi connectivity index (χ3v) is 5.87. The van der Waals surface area contributed by atoms with Crippen LogP contribution in [0.2, 0.25) is 0 Å². The van der Waals surface area contributed by atoms with Crippen molar-refractivity contribution in [2.45, 2.75) is 31.2 Å². The molecule has 0 atom stereocenters. The first-order valence-corrected chi connectivity index (χ1v) is 7.89. The molecule has 1 aromatic carbocycles. The van der Waals surface area contributed by atoms with Crippen LogP contribution >= 0.6 is 0 Å². The number of nitrogens with one attached hydrogen (secondary N) is 1. The lowest BCUT2D eigenvalue weighted by Gasteiger charge is -2.40. The number of amides is 1. The monoisotopic (exact) mass is 315 g/mol. The number of carbonyl (C=O) groups is 1. The smallest absolute Gasteiger partial charge is 0.244 e. The van der Waals surface area contributed by atoms with E-state index in [9.17, 15) is 17.6 Å². The lowest BCUT2D eigenvalue weighted by Crippen LogP contribution is -2.63. The van der Waals surface area contributed by atoms with Crippen LogP contribution in [-0.4, -0.2) is 37.3 Å². The Hall–Kier alpha value is -1.67. The Labute approximate surface area is 123 Å². The molecule has 0 bridgehead atoms. The van der Waals surface area contributed by atoms with E-state index in [4.69, 9.17) is 5.73 Å². The summed E-state index contributed by atoms with van der Waals surface area (Å²) >= 11 is 0. The summed E-state index contributed by atoms with van der Waals surface area (Å²) in [5.74, 6) is -1.08. The highest BCUT2D eigenvalue weighted by atomic mass is 32.2. The van der Waals surface area contributed by atoms with Gasteiger partial charge in [0.2, 0.25) is 15.9 Å². The van der Waals surface area contributed by atoms with Crippen molar-refractivity contribution >= 4 is 21.6 Å². The molecule has 8 heteroatoms. The van der Waals surface area contributed by atoms with E-state index in [0.717, 1.165) is 10.4 Å². The molecular weight excluding hydrogens is 297 g/mol. The van der Waals surface area contributed by atoms with E-state index >= 15 is 0 Å². The second kappa shape index (κ2) is 4.96. The summed E-state index contributed by atoms with van der Waals surface area (Å²) in [7, 11) is -4.03. The number of nitrogens with zero attached hydrogens (tertiary/aromatic N) is 1. The molecule has 3 N–H and O–H groups in total. The minimum absolute atomic E-state index is 0.00835. The predicted molar refractivity (Wildman–Crippen MR) is 76.5 cm³/mol. The van der Waals surface area contributed by atoms with E-state index in [1.807, 2.05) is 0 Å². The molecule has 0 unspecified atom stereocenters. The number of piperazine rings is 1. The molecule has 0 spiro atoms. The van der Waals surface area contributed by atoms with E-state index in [-0.39, 0.29) is 35.1 Å². The molecule has 0 saturated carbocycles. The topological polar surface area (TPSA) is 92.5 Å². The maximum atomic E-state index is 13.8. The van der Waals surface area contributed by atoms with Gasteiger partial charge in [-0.15, -0.1) is 0 Å². The summed E-state index contributed by atoms with van der Waals surface area (Å²) < 4.78 is 40.4. The first-order valence-electron chi connectivity index (χ1n) is 6.45. The van der Waals surface area contributed by atoms with Gasteiger partial charge in [0.1, 0.15) is 11.4 Å². The number of benzene rings is 1. The predicted octanol–water partition coefficient (Wildman–Crippen LogP) is 0.615. The molecule has 21 heavy (non-hydrogen) atoms. The van der Waals surface area contributed by atoms with Crippen molar-refractivity contribution in [3.8, 4) is 0 Å². The van der Waals surface area contributed by atoms with Gasteiger partial charge < -0.3 is 11.1 Å². The van der Waals surface area contributed by atoms with Crippen LogP contribution in [0.25, 0.3) is 0 Å². The zero-order chi connectivity index (χ0) is 16.0. The molecule has 1 fully saturated rings. The number of anilines is 1. The molecule has 0 radical (unpaired) electrons. The molecule has 0 aromatic heterocycles. The fourth-order valence-corrected chi connectivity index (χ4v) is 4.38. The van der Waals surface area contributed by atoms with Crippen LogP contribution in [-0.2, 0) is 14.8 Å². The molecular formula is C13H18FN3O3S. The second-order valence-corrected chi connectivity index (χ2v) is 7.35. The maximum Gasteiger partial charge on any atom is 0.244 e. The molecule has 6 nitrogen and oxygen atoms in total. The molecule has 116 valence electrons. The van der Waals surface area contributed by atoms with Crippen LogP contribution in [0.4, 0.5) is 10.1 Å². The van der Waals surface area contributed by atoms with Gasteiger partial charge in [-0.3, -0.25) is 4.79 Å². The number of hydrogen-bond acceptors (Lipinski definition) is 4. The zero-order valence-electron chi connectivity index (χ0n) is 12.1. The van der Waals surface area contributed by atoms with Gasteiger partial charge in [0, 0.05) is 24.3 Å². The van der Waals surface area contributed by atoms with Crippen molar-refractivity contribution in [3.05, 3.63) is 23.5 Å². The Kier molecular flexibility index (Phi) is 3.71. The van der Waals surface area contributed by atoms with Crippen LogP contribution in [0, 0.1) is 12.7 Å². The lowest BCUT2D eigenvalue weighted by atomic mass is 10.0. The van der Waals surface area contributed by atoms with E-state index in [1.165, 1.54) is 26.8 Å². The molecule has 1 aromatic rings. The van der Waals surface area contributed by atoms with Crippen molar-refractivity contribution in [1.82, 2.24) is 9.62 Å². The van der Waals surface area contributed by atoms with Gasteiger partial charge in [-0.2, -0.15) is 4.31 Å². The molecule has 1 amide bonds. The largest absolute Gasteiger partial charge is 0.399 e. The van der Waals surface area contributed by atoms with E-state index in [2.05, 4.69) is 5.32 Å². The fourth-order valence-electron chi connectivity index (χ4n) is 2.36. The molecule has 1 aliphatic rings. The van der Waals surface area contributed by atoms with Gasteiger partial charge in [-0.25, -0.2) is 12.8 Å². The Balaban J connectivity index is 2.60. The summed E-state index contributed by atoms with van der Waals surface area (Å²) in [6.07, 6.45) is 0. The fraction of sp³-hybridized carbons (Fsp3) is 0.462. The summed E-state index contributed by atoms with van der Waals surface area (Å²) in [4.78, 5) is 11.7. The van der Waals surface area contributed by atoms with E-state index < -0.39 is 21.4 Å². The van der Waals surface area contributed by atoms with Crippen molar-refractivity contribution in [2.24, 2.45) is 0 Å². The zero-order valence-corrected chi connectivity index (χ0v) is 12.9. The summed E-state index contributed by atoms with van der Waals surface area (Å²) in [5, 5.41) is 2.62.